The number of rotatable bonds is 5. The van der Waals surface area contributed by atoms with Crippen molar-refractivity contribution in [1.29, 1.82) is 0 Å². The Kier molecular flexibility index (Phi) is 5.82. The van der Waals surface area contributed by atoms with Crippen LogP contribution in [0.1, 0.15) is 48.4 Å². The molecular formula is C13H23ClN4O. The van der Waals surface area contributed by atoms with E-state index in [4.69, 9.17) is 5.73 Å². The number of nitrogens with zero attached hydrogens (tertiary/aromatic N) is 1. The summed E-state index contributed by atoms with van der Waals surface area (Å²) in [7, 11) is 0. The van der Waals surface area contributed by atoms with E-state index in [0.29, 0.717) is 18.2 Å². The van der Waals surface area contributed by atoms with Gasteiger partial charge in [-0.05, 0) is 31.6 Å². The Morgan fingerprint density at radius 2 is 2.21 bits per heavy atom. The summed E-state index contributed by atoms with van der Waals surface area (Å²) >= 11 is 0. The smallest absolute Gasteiger partial charge is 0.272 e. The van der Waals surface area contributed by atoms with Gasteiger partial charge in [-0.1, -0.05) is 13.8 Å². The van der Waals surface area contributed by atoms with Gasteiger partial charge in [0.2, 0.25) is 0 Å². The number of hydrogen-bond donors (Lipinski definition) is 3. The van der Waals surface area contributed by atoms with Gasteiger partial charge in [0.05, 0.1) is 0 Å². The molecule has 1 unspecified atom stereocenters. The molecule has 1 atom stereocenters. The molecule has 1 aliphatic rings. The molecule has 0 bridgehead atoms. The zero-order valence-corrected chi connectivity index (χ0v) is 12.3. The zero-order valence-electron chi connectivity index (χ0n) is 11.5. The molecule has 0 aliphatic heterocycles. The predicted molar refractivity (Wildman–Crippen MR) is 77.6 cm³/mol. The highest BCUT2D eigenvalue weighted by Gasteiger charge is 2.24. The molecule has 0 spiro atoms. The second-order valence-electron chi connectivity index (χ2n) is 5.42. The van der Waals surface area contributed by atoms with Gasteiger partial charge in [0, 0.05) is 23.8 Å². The maximum atomic E-state index is 12.2. The van der Waals surface area contributed by atoms with Crippen molar-refractivity contribution in [1.82, 2.24) is 15.5 Å². The Balaban J connectivity index is 0.00000180. The first-order chi connectivity index (χ1) is 8.61. The minimum Gasteiger partial charge on any atom is -0.347 e. The summed E-state index contributed by atoms with van der Waals surface area (Å²) in [6, 6.07) is 0.0336. The normalized spacial score (nSPS) is 14.9. The second kappa shape index (κ2) is 6.91. The fraction of sp³-hybridized carbons (Fsp3) is 0.692. The fourth-order valence-electron chi connectivity index (χ4n) is 2.54. The number of nitrogens with one attached hydrogen (secondary N) is 2. The van der Waals surface area contributed by atoms with Crippen LogP contribution in [0.3, 0.4) is 0 Å². The lowest BCUT2D eigenvalue weighted by Crippen LogP contribution is -2.41. The molecule has 2 rings (SSSR count). The van der Waals surface area contributed by atoms with Gasteiger partial charge in [0.25, 0.3) is 5.91 Å². The molecule has 0 saturated carbocycles. The molecule has 1 aromatic rings. The number of halogens is 1. The van der Waals surface area contributed by atoms with Gasteiger partial charge in [0.15, 0.2) is 5.69 Å². The number of nitrogens with two attached hydrogens (primary N) is 1. The van der Waals surface area contributed by atoms with Crippen molar-refractivity contribution >= 4 is 18.3 Å². The van der Waals surface area contributed by atoms with E-state index in [1.165, 1.54) is 0 Å². The average Bonchev–Trinajstić information content (AvgIpc) is 2.88. The van der Waals surface area contributed by atoms with E-state index in [1.807, 2.05) is 0 Å². The highest BCUT2D eigenvalue weighted by atomic mass is 35.5. The van der Waals surface area contributed by atoms with Crippen molar-refractivity contribution in [3.63, 3.8) is 0 Å². The van der Waals surface area contributed by atoms with Gasteiger partial charge in [-0.15, -0.1) is 12.4 Å². The molecule has 0 fully saturated rings. The van der Waals surface area contributed by atoms with E-state index in [-0.39, 0.29) is 24.4 Å². The molecule has 0 aromatic carbocycles. The van der Waals surface area contributed by atoms with Gasteiger partial charge in [0.1, 0.15) is 0 Å². The summed E-state index contributed by atoms with van der Waals surface area (Å²) in [6.45, 7) is 4.72. The van der Waals surface area contributed by atoms with Crippen LogP contribution in [-0.4, -0.2) is 28.7 Å². The number of aromatic amines is 1. The highest BCUT2D eigenvalue weighted by Crippen LogP contribution is 2.22. The highest BCUT2D eigenvalue weighted by molar-refractivity contribution is 5.94. The first-order valence-electron chi connectivity index (χ1n) is 6.68. The third-order valence-corrected chi connectivity index (χ3v) is 3.40. The number of H-pyrrole nitrogens is 1. The Bertz CT molecular complexity index is 430. The van der Waals surface area contributed by atoms with Crippen molar-refractivity contribution in [3.05, 3.63) is 17.0 Å². The van der Waals surface area contributed by atoms with E-state index in [9.17, 15) is 4.79 Å². The fourth-order valence-corrected chi connectivity index (χ4v) is 2.54. The lowest BCUT2D eigenvalue weighted by molar-refractivity contribution is 0.0927. The maximum Gasteiger partial charge on any atom is 0.272 e. The summed E-state index contributed by atoms with van der Waals surface area (Å²) in [4.78, 5) is 12.2. The van der Waals surface area contributed by atoms with Crippen molar-refractivity contribution in [2.24, 2.45) is 11.7 Å². The van der Waals surface area contributed by atoms with Crippen LogP contribution in [0, 0.1) is 5.92 Å². The lowest BCUT2D eigenvalue weighted by Gasteiger charge is -2.18. The number of amides is 1. The van der Waals surface area contributed by atoms with Gasteiger partial charge in [-0.2, -0.15) is 5.10 Å². The maximum absolute atomic E-state index is 12.2. The van der Waals surface area contributed by atoms with Crippen LogP contribution in [-0.2, 0) is 12.8 Å². The molecule has 6 heteroatoms. The van der Waals surface area contributed by atoms with Crippen molar-refractivity contribution in [3.8, 4) is 0 Å². The number of hydrogen-bond acceptors (Lipinski definition) is 3. The number of aryl methyl sites for hydroxylation is 1. The van der Waals surface area contributed by atoms with E-state index in [2.05, 4.69) is 29.4 Å². The van der Waals surface area contributed by atoms with Crippen LogP contribution >= 0.6 is 12.4 Å². The standard InChI is InChI=1S/C13H22N4O.ClH/c1-8(2)6-9(7-14)15-13(18)12-10-4-3-5-11(10)16-17-12;/h8-9H,3-7,14H2,1-2H3,(H,15,18)(H,16,17);1H. The van der Waals surface area contributed by atoms with Crippen LogP contribution in [0.4, 0.5) is 0 Å². The van der Waals surface area contributed by atoms with Crippen molar-refractivity contribution in [2.45, 2.75) is 45.6 Å². The molecule has 1 heterocycles. The molecule has 0 radical (unpaired) electrons. The number of aromatic nitrogens is 2. The molecule has 108 valence electrons. The average molecular weight is 287 g/mol. The van der Waals surface area contributed by atoms with E-state index < -0.39 is 0 Å². The second-order valence-corrected chi connectivity index (χ2v) is 5.42. The van der Waals surface area contributed by atoms with Crippen molar-refractivity contribution < 1.29 is 4.79 Å². The van der Waals surface area contributed by atoms with Crippen molar-refractivity contribution in [2.75, 3.05) is 6.54 Å². The van der Waals surface area contributed by atoms with Crippen LogP contribution < -0.4 is 11.1 Å². The molecule has 5 nitrogen and oxygen atoms in total. The minimum absolute atomic E-state index is 0. The van der Waals surface area contributed by atoms with Gasteiger partial charge < -0.3 is 11.1 Å². The molecule has 1 amide bonds. The Morgan fingerprint density at radius 1 is 1.47 bits per heavy atom. The van der Waals surface area contributed by atoms with Crippen LogP contribution in [0.25, 0.3) is 0 Å². The molecule has 19 heavy (non-hydrogen) atoms. The predicted octanol–water partition coefficient (Wildman–Crippen LogP) is 1.42. The number of carbonyl (C=O) groups is 1. The summed E-state index contributed by atoms with van der Waals surface area (Å²) in [5.41, 5.74) is 8.46. The summed E-state index contributed by atoms with van der Waals surface area (Å²) in [5.74, 6) is 0.425. The molecule has 1 aliphatic carbocycles. The SMILES string of the molecule is CC(C)CC(CN)NC(=O)c1n[nH]c2c1CCC2.Cl. The van der Waals surface area contributed by atoms with Crippen LogP contribution in [0.15, 0.2) is 0 Å². The van der Waals surface area contributed by atoms with E-state index in [0.717, 1.165) is 36.9 Å². The number of carbonyl (C=O) groups excluding carboxylic acids is 1. The third kappa shape index (κ3) is 3.70. The molecular weight excluding hydrogens is 264 g/mol. The molecule has 0 saturated heterocycles. The van der Waals surface area contributed by atoms with Crippen LogP contribution in [0.2, 0.25) is 0 Å². The van der Waals surface area contributed by atoms with Crippen LogP contribution in [0.5, 0.6) is 0 Å². The third-order valence-electron chi connectivity index (χ3n) is 3.40. The van der Waals surface area contributed by atoms with Gasteiger partial charge >= 0.3 is 0 Å². The minimum atomic E-state index is -0.0921. The number of fused-ring (bicyclic) bond motifs is 1. The van der Waals surface area contributed by atoms with E-state index >= 15 is 0 Å². The van der Waals surface area contributed by atoms with E-state index in [1.54, 1.807) is 0 Å². The summed E-state index contributed by atoms with van der Waals surface area (Å²) < 4.78 is 0. The van der Waals surface area contributed by atoms with Gasteiger partial charge in [-0.25, -0.2) is 0 Å². The first kappa shape index (κ1) is 16.0. The monoisotopic (exact) mass is 286 g/mol. The Morgan fingerprint density at radius 3 is 2.84 bits per heavy atom. The topological polar surface area (TPSA) is 83.8 Å². The Hall–Kier alpha value is -1.07. The molecule has 1 aromatic heterocycles. The summed E-state index contributed by atoms with van der Waals surface area (Å²) in [6.07, 6.45) is 3.96. The lowest BCUT2D eigenvalue weighted by atomic mass is 10.0. The Labute approximate surface area is 120 Å². The largest absolute Gasteiger partial charge is 0.347 e. The molecule has 4 N–H and O–H groups in total. The summed E-state index contributed by atoms with van der Waals surface area (Å²) in [5, 5.41) is 10.1. The first-order valence-corrected chi connectivity index (χ1v) is 6.68. The van der Waals surface area contributed by atoms with Gasteiger partial charge in [-0.3, -0.25) is 9.89 Å². The zero-order chi connectivity index (χ0) is 13.1. The quantitative estimate of drug-likeness (QED) is 0.765.